The van der Waals surface area contributed by atoms with Gasteiger partial charge in [-0.3, -0.25) is 9.59 Å². The van der Waals surface area contributed by atoms with E-state index in [1.54, 1.807) is 0 Å². The molecule has 0 bridgehead atoms. The summed E-state index contributed by atoms with van der Waals surface area (Å²) in [7, 11) is 0. The average molecular weight is 140 g/mol. The molecule has 2 nitrogen and oxygen atoms in total. The van der Waals surface area contributed by atoms with Crippen LogP contribution in [0.4, 0.5) is 0 Å². The molecule has 0 amide bonds. The van der Waals surface area contributed by atoms with E-state index in [0.29, 0.717) is 12.8 Å². The Balaban J connectivity index is 2.43. The smallest absolute Gasteiger partial charge is 0.198 e. The van der Waals surface area contributed by atoms with E-state index in [1.807, 2.05) is 0 Å². The Bertz CT molecular complexity index is 131. The largest absolute Gasteiger partial charge is 0.291 e. The third-order valence-corrected chi connectivity index (χ3v) is 1.87. The molecule has 0 spiro atoms. The Hall–Kier alpha value is -0.660. The Kier molecular flexibility index (Phi) is 2.60. The maximum absolute atomic E-state index is 10.8. The molecule has 2 heteroatoms. The van der Waals surface area contributed by atoms with E-state index in [9.17, 15) is 9.59 Å². The second-order valence-electron chi connectivity index (χ2n) is 2.76. The van der Waals surface area contributed by atoms with Crippen molar-refractivity contribution < 1.29 is 9.59 Å². The third-order valence-electron chi connectivity index (χ3n) is 1.87. The zero-order valence-corrected chi connectivity index (χ0v) is 6.06. The summed E-state index contributed by atoms with van der Waals surface area (Å²) in [6.45, 7) is 0. The minimum absolute atomic E-state index is 0.153. The van der Waals surface area contributed by atoms with Crippen LogP contribution in [-0.2, 0) is 9.59 Å². The number of carbonyl (C=O) groups is 2. The molecule has 0 heterocycles. The molecule has 0 aromatic heterocycles. The zero-order valence-electron chi connectivity index (χ0n) is 6.06. The molecule has 10 heavy (non-hydrogen) atoms. The lowest BCUT2D eigenvalue weighted by Gasteiger charge is -2.04. The first-order chi connectivity index (χ1) is 4.80. The zero-order chi connectivity index (χ0) is 7.40. The predicted octanol–water partition coefficient (Wildman–Crippen LogP) is 1.48. The van der Waals surface area contributed by atoms with Gasteiger partial charge < -0.3 is 0 Å². The Morgan fingerprint density at radius 2 is 1.10 bits per heavy atom. The topological polar surface area (TPSA) is 34.1 Å². The highest BCUT2D eigenvalue weighted by Crippen LogP contribution is 2.11. The van der Waals surface area contributed by atoms with Gasteiger partial charge in [0, 0.05) is 12.8 Å². The molecule has 0 radical (unpaired) electrons. The van der Waals surface area contributed by atoms with Crippen molar-refractivity contribution in [2.75, 3.05) is 0 Å². The lowest BCUT2D eigenvalue weighted by molar-refractivity contribution is -0.137. The molecule has 0 N–H and O–H groups in total. The van der Waals surface area contributed by atoms with Gasteiger partial charge >= 0.3 is 0 Å². The fourth-order valence-electron chi connectivity index (χ4n) is 1.20. The minimum Gasteiger partial charge on any atom is -0.291 e. The first-order valence-corrected chi connectivity index (χ1v) is 3.87. The van der Waals surface area contributed by atoms with E-state index in [0.717, 1.165) is 25.7 Å². The molecular formula is C8H12O2. The number of hydrogen-bond donors (Lipinski definition) is 0. The fraction of sp³-hybridized carbons (Fsp3) is 0.750. The number of hydrogen-bond acceptors (Lipinski definition) is 2. The van der Waals surface area contributed by atoms with E-state index < -0.39 is 0 Å². The number of carbonyl (C=O) groups excluding carboxylic acids is 2. The van der Waals surface area contributed by atoms with Crippen LogP contribution in [0.2, 0.25) is 0 Å². The molecule has 0 saturated heterocycles. The van der Waals surface area contributed by atoms with Gasteiger partial charge in [-0.2, -0.15) is 0 Å². The van der Waals surface area contributed by atoms with Crippen LogP contribution in [-0.4, -0.2) is 11.6 Å². The van der Waals surface area contributed by atoms with Crippen molar-refractivity contribution in [2.45, 2.75) is 38.5 Å². The van der Waals surface area contributed by atoms with Gasteiger partial charge in [0.15, 0.2) is 11.6 Å². The van der Waals surface area contributed by atoms with Crippen molar-refractivity contribution in [3.63, 3.8) is 0 Å². The Morgan fingerprint density at radius 3 is 1.50 bits per heavy atom. The third kappa shape index (κ3) is 1.94. The van der Waals surface area contributed by atoms with Crippen molar-refractivity contribution in [1.29, 1.82) is 0 Å². The SMILES string of the molecule is O=C1CCCCCCC1=O. The van der Waals surface area contributed by atoms with Gasteiger partial charge in [0.25, 0.3) is 0 Å². The standard InChI is InChI=1S/C8H12O2/c9-7-5-3-1-2-4-6-8(7)10/h1-6H2. The van der Waals surface area contributed by atoms with E-state index >= 15 is 0 Å². The molecular weight excluding hydrogens is 128 g/mol. The average Bonchev–Trinajstić information content (AvgIpc) is 1.92. The molecule has 56 valence electrons. The molecule has 1 aliphatic rings. The van der Waals surface area contributed by atoms with Gasteiger partial charge in [0.05, 0.1) is 0 Å². The predicted molar refractivity (Wildman–Crippen MR) is 37.7 cm³/mol. The summed E-state index contributed by atoms with van der Waals surface area (Å²) >= 11 is 0. The summed E-state index contributed by atoms with van der Waals surface area (Å²) in [6, 6.07) is 0. The van der Waals surface area contributed by atoms with Crippen LogP contribution in [0.3, 0.4) is 0 Å². The maximum atomic E-state index is 10.8. The first kappa shape index (κ1) is 7.45. The van der Waals surface area contributed by atoms with Gasteiger partial charge in [-0.05, 0) is 12.8 Å². The molecule has 0 atom stereocenters. The number of ketones is 2. The van der Waals surface area contributed by atoms with Crippen LogP contribution in [0.15, 0.2) is 0 Å². The molecule has 1 fully saturated rings. The normalized spacial score (nSPS) is 22.0. The van der Waals surface area contributed by atoms with Crippen molar-refractivity contribution in [2.24, 2.45) is 0 Å². The molecule has 0 aliphatic heterocycles. The number of rotatable bonds is 0. The van der Waals surface area contributed by atoms with Crippen LogP contribution in [0.1, 0.15) is 38.5 Å². The Morgan fingerprint density at radius 1 is 0.700 bits per heavy atom. The first-order valence-electron chi connectivity index (χ1n) is 3.87. The van der Waals surface area contributed by atoms with Crippen LogP contribution in [0, 0.1) is 0 Å². The molecule has 0 aromatic carbocycles. The second kappa shape index (κ2) is 3.49. The quantitative estimate of drug-likeness (QED) is 0.477. The van der Waals surface area contributed by atoms with Gasteiger partial charge in [0.1, 0.15) is 0 Å². The van der Waals surface area contributed by atoms with Gasteiger partial charge in [-0.25, -0.2) is 0 Å². The second-order valence-corrected chi connectivity index (χ2v) is 2.76. The monoisotopic (exact) mass is 140 g/mol. The van der Waals surface area contributed by atoms with Crippen molar-refractivity contribution in [3.05, 3.63) is 0 Å². The summed E-state index contributed by atoms with van der Waals surface area (Å²) in [6.07, 6.45) is 5.00. The van der Waals surface area contributed by atoms with Crippen molar-refractivity contribution >= 4 is 11.6 Å². The van der Waals surface area contributed by atoms with Crippen LogP contribution < -0.4 is 0 Å². The maximum Gasteiger partial charge on any atom is 0.198 e. The van der Waals surface area contributed by atoms with E-state index in [1.165, 1.54) is 0 Å². The molecule has 0 unspecified atom stereocenters. The van der Waals surface area contributed by atoms with E-state index in [2.05, 4.69) is 0 Å². The van der Waals surface area contributed by atoms with Crippen LogP contribution in [0.25, 0.3) is 0 Å². The highest BCUT2D eigenvalue weighted by atomic mass is 16.2. The fourth-order valence-corrected chi connectivity index (χ4v) is 1.20. The summed E-state index contributed by atoms with van der Waals surface area (Å²) in [5, 5.41) is 0. The van der Waals surface area contributed by atoms with E-state index in [4.69, 9.17) is 0 Å². The molecule has 1 aliphatic carbocycles. The van der Waals surface area contributed by atoms with Crippen LogP contribution >= 0.6 is 0 Å². The molecule has 1 saturated carbocycles. The molecule has 1 rings (SSSR count). The highest BCUT2D eigenvalue weighted by molar-refractivity contribution is 6.37. The number of Topliss-reactive ketones (excluding diaryl/α,β-unsaturated/α-hetero) is 2. The van der Waals surface area contributed by atoms with Crippen LogP contribution in [0.5, 0.6) is 0 Å². The summed E-state index contributed by atoms with van der Waals surface area (Å²) in [4.78, 5) is 21.6. The lowest BCUT2D eigenvalue weighted by Crippen LogP contribution is -2.14. The van der Waals surface area contributed by atoms with Gasteiger partial charge in [-0.1, -0.05) is 12.8 Å². The summed E-state index contributed by atoms with van der Waals surface area (Å²) in [5.41, 5.74) is 0. The van der Waals surface area contributed by atoms with E-state index in [-0.39, 0.29) is 11.6 Å². The minimum atomic E-state index is -0.153. The molecule has 0 aromatic rings. The summed E-state index contributed by atoms with van der Waals surface area (Å²) < 4.78 is 0. The van der Waals surface area contributed by atoms with Gasteiger partial charge in [-0.15, -0.1) is 0 Å². The Labute approximate surface area is 60.6 Å². The summed E-state index contributed by atoms with van der Waals surface area (Å²) in [5.74, 6) is -0.306. The highest BCUT2D eigenvalue weighted by Gasteiger charge is 2.14. The van der Waals surface area contributed by atoms with Crippen molar-refractivity contribution in [3.8, 4) is 0 Å². The lowest BCUT2D eigenvalue weighted by atomic mass is 9.99. The van der Waals surface area contributed by atoms with Gasteiger partial charge in [0.2, 0.25) is 0 Å². The van der Waals surface area contributed by atoms with Crippen molar-refractivity contribution in [1.82, 2.24) is 0 Å².